The lowest BCUT2D eigenvalue weighted by Gasteiger charge is -2.13. The van der Waals surface area contributed by atoms with Crippen molar-refractivity contribution in [2.24, 2.45) is 0 Å². The maximum absolute atomic E-state index is 13.5. The monoisotopic (exact) mass is 353 g/mol. The fourth-order valence-electron chi connectivity index (χ4n) is 2.44. The van der Waals surface area contributed by atoms with Crippen molar-refractivity contribution < 1.29 is 9.13 Å². The topological polar surface area (TPSA) is 21.3 Å². The first-order valence-corrected chi connectivity index (χ1v) is 8.98. The van der Waals surface area contributed by atoms with Crippen molar-refractivity contribution in [2.45, 2.75) is 9.79 Å². The Balaban J connectivity index is 1.92. The summed E-state index contributed by atoms with van der Waals surface area (Å²) in [5.74, 6) is 0.575. The SMILES string of the molecule is CNCCOc1ccc(-c2ccccc2)cc1Sc1cccc(F)c1. The first-order valence-electron chi connectivity index (χ1n) is 8.16. The van der Waals surface area contributed by atoms with Gasteiger partial charge in [-0.1, -0.05) is 54.2 Å². The van der Waals surface area contributed by atoms with Crippen molar-refractivity contribution in [3.63, 3.8) is 0 Å². The van der Waals surface area contributed by atoms with E-state index in [2.05, 4.69) is 29.6 Å². The second-order valence-corrected chi connectivity index (χ2v) is 6.65. The minimum absolute atomic E-state index is 0.234. The van der Waals surface area contributed by atoms with Gasteiger partial charge in [-0.05, 0) is 48.5 Å². The maximum atomic E-state index is 13.5. The van der Waals surface area contributed by atoms with E-state index < -0.39 is 0 Å². The zero-order valence-electron chi connectivity index (χ0n) is 14.0. The zero-order chi connectivity index (χ0) is 17.5. The first kappa shape index (κ1) is 17.5. The zero-order valence-corrected chi connectivity index (χ0v) is 14.9. The summed E-state index contributed by atoms with van der Waals surface area (Å²) in [7, 11) is 1.89. The molecule has 0 atom stereocenters. The van der Waals surface area contributed by atoms with Crippen LogP contribution < -0.4 is 10.1 Å². The molecule has 0 radical (unpaired) electrons. The highest BCUT2D eigenvalue weighted by Crippen LogP contribution is 2.38. The van der Waals surface area contributed by atoms with E-state index in [0.29, 0.717) is 6.61 Å². The van der Waals surface area contributed by atoms with Crippen LogP contribution in [0, 0.1) is 5.82 Å². The largest absolute Gasteiger partial charge is 0.491 e. The summed E-state index contributed by atoms with van der Waals surface area (Å²) in [6.45, 7) is 1.35. The summed E-state index contributed by atoms with van der Waals surface area (Å²) >= 11 is 1.51. The second kappa shape index (κ2) is 8.70. The molecule has 3 aromatic carbocycles. The van der Waals surface area contributed by atoms with E-state index in [4.69, 9.17) is 4.74 Å². The Hall–Kier alpha value is -2.30. The number of benzene rings is 3. The van der Waals surface area contributed by atoms with E-state index in [0.717, 1.165) is 33.2 Å². The van der Waals surface area contributed by atoms with Crippen LogP contribution in [0.2, 0.25) is 0 Å². The fourth-order valence-corrected chi connectivity index (χ4v) is 3.42. The van der Waals surface area contributed by atoms with Gasteiger partial charge in [0.25, 0.3) is 0 Å². The van der Waals surface area contributed by atoms with E-state index >= 15 is 0 Å². The molecule has 0 heterocycles. The summed E-state index contributed by atoms with van der Waals surface area (Å²) in [5, 5.41) is 3.07. The van der Waals surface area contributed by atoms with Gasteiger partial charge < -0.3 is 10.1 Å². The Morgan fingerprint density at radius 2 is 1.76 bits per heavy atom. The van der Waals surface area contributed by atoms with Crippen LogP contribution in [0.25, 0.3) is 11.1 Å². The lowest BCUT2D eigenvalue weighted by atomic mass is 10.1. The molecular formula is C21H20FNOS. The standard InChI is InChI=1S/C21H20FNOS/c1-23-12-13-24-20-11-10-17(16-6-3-2-4-7-16)14-21(20)25-19-9-5-8-18(22)15-19/h2-11,14-15,23H,12-13H2,1H3. The third-order valence-electron chi connectivity index (χ3n) is 3.68. The van der Waals surface area contributed by atoms with Gasteiger partial charge in [-0.2, -0.15) is 0 Å². The summed E-state index contributed by atoms with van der Waals surface area (Å²) in [5.41, 5.74) is 2.26. The van der Waals surface area contributed by atoms with Crippen LogP contribution in [0.4, 0.5) is 4.39 Å². The maximum Gasteiger partial charge on any atom is 0.133 e. The van der Waals surface area contributed by atoms with Crippen molar-refractivity contribution in [3.8, 4) is 16.9 Å². The van der Waals surface area contributed by atoms with Crippen molar-refractivity contribution >= 4 is 11.8 Å². The first-order chi connectivity index (χ1) is 12.3. The van der Waals surface area contributed by atoms with Crippen LogP contribution in [-0.2, 0) is 0 Å². The Kier molecular flexibility index (Phi) is 6.09. The molecule has 0 saturated heterocycles. The minimum atomic E-state index is -0.234. The minimum Gasteiger partial charge on any atom is -0.491 e. The van der Waals surface area contributed by atoms with E-state index in [-0.39, 0.29) is 5.82 Å². The smallest absolute Gasteiger partial charge is 0.133 e. The average molecular weight is 353 g/mol. The molecule has 0 aromatic heterocycles. The Morgan fingerprint density at radius 3 is 2.52 bits per heavy atom. The van der Waals surface area contributed by atoms with Crippen LogP contribution >= 0.6 is 11.8 Å². The molecule has 0 aliphatic carbocycles. The Bertz CT molecular complexity index is 823. The highest BCUT2D eigenvalue weighted by atomic mass is 32.2. The molecule has 1 N–H and O–H groups in total. The highest BCUT2D eigenvalue weighted by molar-refractivity contribution is 7.99. The average Bonchev–Trinajstić information content (AvgIpc) is 2.64. The fraction of sp³-hybridized carbons (Fsp3) is 0.143. The molecule has 3 rings (SSSR count). The highest BCUT2D eigenvalue weighted by Gasteiger charge is 2.09. The van der Waals surface area contributed by atoms with Gasteiger partial charge in [0.15, 0.2) is 0 Å². The molecule has 0 spiro atoms. The molecule has 0 amide bonds. The lowest BCUT2D eigenvalue weighted by Crippen LogP contribution is -2.16. The van der Waals surface area contributed by atoms with Gasteiger partial charge in [-0.25, -0.2) is 4.39 Å². The van der Waals surface area contributed by atoms with Crippen LogP contribution in [0.1, 0.15) is 0 Å². The van der Waals surface area contributed by atoms with E-state index in [1.807, 2.05) is 37.4 Å². The Labute approximate surface area is 152 Å². The van der Waals surface area contributed by atoms with Crippen LogP contribution in [0.15, 0.2) is 82.6 Å². The van der Waals surface area contributed by atoms with Gasteiger partial charge in [-0.15, -0.1) is 0 Å². The van der Waals surface area contributed by atoms with E-state index in [1.165, 1.54) is 23.9 Å². The second-order valence-electron chi connectivity index (χ2n) is 5.54. The molecule has 3 aromatic rings. The number of hydrogen-bond donors (Lipinski definition) is 1. The molecule has 0 aliphatic heterocycles. The van der Waals surface area contributed by atoms with E-state index in [1.54, 1.807) is 6.07 Å². The van der Waals surface area contributed by atoms with Crippen molar-refractivity contribution in [1.82, 2.24) is 5.32 Å². The third kappa shape index (κ3) is 4.84. The summed E-state index contributed by atoms with van der Waals surface area (Å²) in [6, 6.07) is 23.0. The number of nitrogens with one attached hydrogen (secondary N) is 1. The number of rotatable bonds is 7. The normalized spacial score (nSPS) is 10.6. The van der Waals surface area contributed by atoms with Gasteiger partial charge in [0.05, 0.1) is 4.90 Å². The van der Waals surface area contributed by atoms with Gasteiger partial charge in [0.1, 0.15) is 18.2 Å². The molecule has 0 aliphatic rings. The van der Waals surface area contributed by atoms with E-state index in [9.17, 15) is 4.39 Å². The molecule has 0 fully saturated rings. The molecular weight excluding hydrogens is 333 g/mol. The number of ether oxygens (including phenoxy) is 1. The lowest BCUT2D eigenvalue weighted by molar-refractivity contribution is 0.311. The van der Waals surface area contributed by atoms with Crippen molar-refractivity contribution in [1.29, 1.82) is 0 Å². The van der Waals surface area contributed by atoms with Crippen LogP contribution in [0.3, 0.4) is 0 Å². The predicted octanol–water partition coefficient (Wildman–Crippen LogP) is 5.24. The number of hydrogen-bond acceptors (Lipinski definition) is 3. The van der Waals surface area contributed by atoms with Gasteiger partial charge in [0.2, 0.25) is 0 Å². The molecule has 25 heavy (non-hydrogen) atoms. The molecule has 2 nitrogen and oxygen atoms in total. The molecule has 128 valence electrons. The van der Waals surface area contributed by atoms with Crippen molar-refractivity contribution in [3.05, 3.63) is 78.6 Å². The van der Waals surface area contributed by atoms with Crippen LogP contribution in [0.5, 0.6) is 5.75 Å². The number of halogens is 1. The molecule has 0 saturated carbocycles. The summed E-state index contributed by atoms with van der Waals surface area (Å²) < 4.78 is 19.4. The van der Waals surface area contributed by atoms with Crippen LogP contribution in [-0.4, -0.2) is 20.2 Å². The molecule has 0 unspecified atom stereocenters. The third-order valence-corrected chi connectivity index (χ3v) is 4.71. The number of likely N-dealkylation sites (N-methyl/N-ethyl adjacent to an activating group) is 1. The predicted molar refractivity (Wildman–Crippen MR) is 102 cm³/mol. The van der Waals surface area contributed by atoms with Gasteiger partial charge in [0, 0.05) is 11.4 Å². The van der Waals surface area contributed by atoms with Gasteiger partial charge in [-0.3, -0.25) is 0 Å². The molecule has 0 bridgehead atoms. The van der Waals surface area contributed by atoms with Crippen molar-refractivity contribution in [2.75, 3.05) is 20.2 Å². The Morgan fingerprint density at radius 1 is 0.920 bits per heavy atom. The molecule has 4 heteroatoms. The quantitative estimate of drug-likeness (QED) is 0.587. The summed E-state index contributed by atoms with van der Waals surface area (Å²) in [4.78, 5) is 1.83. The van der Waals surface area contributed by atoms with Gasteiger partial charge >= 0.3 is 0 Å². The summed E-state index contributed by atoms with van der Waals surface area (Å²) in [6.07, 6.45) is 0.